The fourth-order valence-electron chi connectivity index (χ4n) is 0.957. The summed E-state index contributed by atoms with van der Waals surface area (Å²) in [5.74, 6) is 0. The van der Waals surface area contributed by atoms with Crippen molar-refractivity contribution >= 4 is 23.2 Å². The zero-order valence-electron chi connectivity index (χ0n) is 6.81. The van der Waals surface area contributed by atoms with Crippen LogP contribution in [0.1, 0.15) is 45.4 Å². The summed E-state index contributed by atoms with van der Waals surface area (Å²) in [6.45, 7) is 2.23. The van der Waals surface area contributed by atoms with Gasteiger partial charge in [-0.3, -0.25) is 0 Å². The van der Waals surface area contributed by atoms with Crippen molar-refractivity contribution in [3.05, 3.63) is 0 Å². The van der Waals surface area contributed by atoms with Crippen LogP contribution in [0.4, 0.5) is 0 Å². The summed E-state index contributed by atoms with van der Waals surface area (Å²) in [6, 6.07) is 0. The second-order valence-electron chi connectivity index (χ2n) is 2.62. The van der Waals surface area contributed by atoms with Gasteiger partial charge in [0.25, 0.3) is 0 Å². The molecule has 0 bridgehead atoms. The van der Waals surface area contributed by atoms with Crippen LogP contribution in [0.3, 0.4) is 0 Å². The molecule has 0 atom stereocenters. The number of hydrogen-bond acceptors (Lipinski definition) is 1. The normalized spacial score (nSPS) is 9.70. The molecule has 0 fully saturated rings. The van der Waals surface area contributed by atoms with E-state index >= 15 is 0 Å². The average Bonchev–Trinajstić information content (AvgIpc) is 1.97. The molecule has 0 spiro atoms. The molecule has 0 saturated carbocycles. The number of hydrogen-bond donors (Lipinski definition) is 0. The SMILES string of the molecule is CCCCCCC[CH2][Bi]=[O]. The van der Waals surface area contributed by atoms with Crippen molar-refractivity contribution < 1.29 is 2.81 Å². The van der Waals surface area contributed by atoms with Crippen LogP contribution in [0.5, 0.6) is 0 Å². The van der Waals surface area contributed by atoms with E-state index in [9.17, 15) is 2.81 Å². The van der Waals surface area contributed by atoms with E-state index in [-0.39, 0.29) is 0 Å². The Labute approximate surface area is 75.6 Å². The molecule has 0 aromatic rings. The molecule has 10 heavy (non-hydrogen) atoms. The summed E-state index contributed by atoms with van der Waals surface area (Å²) in [7, 11) is 0. The molecule has 0 rings (SSSR count). The third kappa shape index (κ3) is 8.68. The summed E-state index contributed by atoms with van der Waals surface area (Å²) in [5.41, 5.74) is 0. The summed E-state index contributed by atoms with van der Waals surface area (Å²) in [6.07, 6.45) is 7.96. The summed E-state index contributed by atoms with van der Waals surface area (Å²) in [4.78, 5) is 0. The first-order valence-electron chi connectivity index (χ1n) is 4.21. The van der Waals surface area contributed by atoms with Crippen LogP contribution in [-0.2, 0) is 2.81 Å². The fraction of sp³-hybridized carbons (Fsp3) is 1.00. The second kappa shape index (κ2) is 9.68. The average molecular weight is 338 g/mol. The zero-order valence-corrected chi connectivity index (χ0v) is 10.3. The Morgan fingerprint density at radius 2 is 1.60 bits per heavy atom. The van der Waals surface area contributed by atoms with Gasteiger partial charge in [-0.1, -0.05) is 0 Å². The van der Waals surface area contributed by atoms with Gasteiger partial charge in [-0.25, -0.2) is 0 Å². The molecule has 1 nitrogen and oxygen atoms in total. The predicted octanol–water partition coefficient (Wildman–Crippen LogP) is 2.81. The standard InChI is InChI=1S/C8H17.Bi.O/c1-3-5-7-8-6-4-2;;/h1,3-8H2,2H3;;. The van der Waals surface area contributed by atoms with Gasteiger partial charge < -0.3 is 0 Å². The topological polar surface area (TPSA) is 17.1 Å². The van der Waals surface area contributed by atoms with Gasteiger partial charge in [0.05, 0.1) is 0 Å². The van der Waals surface area contributed by atoms with E-state index in [2.05, 4.69) is 6.92 Å². The Bertz CT molecular complexity index is 73.7. The van der Waals surface area contributed by atoms with Crippen molar-refractivity contribution in [1.29, 1.82) is 0 Å². The van der Waals surface area contributed by atoms with Crippen LogP contribution in [0.2, 0.25) is 4.13 Å². The van der Waals surface area contributed by atoms with E-state index in [1.165, 1.54) is 38.5 Å². The van der Waals surface area contributed by atoms with Gasteiger partial charge in [0.2, 0.25) is 0 Å². The van der Waals surface area contributed by atoms with Crippen LogP contribution in [0.15, 0.2) is 0 Å². The van der Waals surface area contributed by atoms with Crippen LogP contribution < -0.4 is 0 Å². The third-order valence-corrected chi connectivity index (χ3v) is 3.54. The third-order valence-electron chi connectivity index (χ3n) is 1.60. The van der Waals surface area contributed by atoms with Gasteiger partial charge in [-0.2, -0.15) is 0 Å². The van der Waals surface area contributed by atoms with Gasteiger partial charge in [-0.05, 0) is 0 Å². The first-order valence-corrected chi connectivity index (χ1v) is 8.08. The molecule has 0 N–H and O–H groups in total. The van der Waals surface area contributed by atoms with Gasteiger partial charge in [-0.15, -0.1) is 0 Å². The predicted molar refractivity (Wildman–Crippen MR) is 44.6 cm³/mol. The summed E-state index contributed by atoms with van der Waals surface area (Å²) < 4.78 is 11.3. The Kier molecular flexibility index (Phi) is 10.3. The Balaban J connectivity index is 2.70. The molecule has 0 unspecified atom stereocenters. The van der Waals surface area contributed by atoms with Crippen molar-refractivity contribution in [2.24, 2.45) is 0 Å². The van der Waals surface area contributed by atoms with Crippen LogP contribution in [0.25, 0.3) is 0 Å². The molecule has 0 aliphatic carbocycles. The van der Waals surface area contributed by atoms with Crippen molar-refractivity contribution in [3.63, 3.8) is 0 Å². The van der Waals surface area contributed by atoms with Gasteiger partial charge in [0.15, 0.2) is 0 Å². The van der Waals surface area contributed by atoms with Crippen LogP contribution in [-0.4, -0.2) is 23.2 Å². The van der Waals surface area contributed by atoms with Crippen LogP contribution in [0, 0.1) is 0 Å². The molecule has 0 aromatic heterocycles. The van der Waals surface area contributed by atoms with Crippen LogP contribution >= 0.6 is 0 Å². The molecule has 0 saturated heterocycles. The van der Waals surface area contributed by atoms with Gasteiger partial charge >= 0.3 is 75.6 Å². The Morgan fingerprint density at radius 1 is 1.00 bits per heavy atom. The van der Waals surface area contributed by atoms with Crippen molar-refractivity contribution in [1.82, 2.24) is 0 Å². The quantitative estimate of drug-likeness (QED) is 0.515. The van der Waals surface area contributed by atoms with E-state index in [4.69, 9.17) is 0 Å². The van der Waals surface area contributed by atoms with Gasteiger partial charge in [0, 0.05) is 0 Å². The number of unbranched alkanes of at least 4 members (excludes halogenated alkanes) is 5. The molecule has 0 aliphatic rings. The molecule has 0 amide bonds. The Hall–Kier alpha value is 0.683. The maximum atomic E-state index is 10.2. The van der Waals surface area contributed by atoms with Crippen molar-refractivity contribution in [2.45, 2.75) is 49.6 Å². The first-order chi connectivity index (χ1) is 4.91. The zero-order chi connectivity index (χ0) is 7.66. The molecule has 0 aliphatic heterocycles. The number of rotatable bonds is 7. The summed E-state index contributed by atoms with van der Waals surface area (Å²) in [5, 5.41) is 0. The molecular weight excluding hydrogens is 321 g/mol. The minimum atomic E-state index is -1.17. The van der Waals surface area contributed by atoms with Crippen molar-refractivity contribution in [3.8, 4) is 0 Å². The van der Waals surface area contributed by atoms with E-state index in [1.807, 2.05) is 0 Å². The minimum absolute atomic E-state index is 1.06. The Morgan fingerprint density at radius 3 is 2.20 bits per heavy atom. The fourth-order valence-corrected chi connectivity index (χ4v) is 2.33. The monoisotopic (exact) mass is 338 g/mol. The van der Waals surface area contributed by atoms with Crippen molar-refractivity contribution in [2.75, 3.05) is 0 Å². The molecule has 2 heteroatoms. The van der Waals surface area contributed by atoms with E-state index < -0.39 is 23.2 Å². The molecule has 0 radical (unpaired) electrons. The van der Waals surface area contributed by atoms with E-state index in [1.54, 1.807) is 0 Å². The maximum absolute atomic E-state index is 10.2. The van der Waals surface area contributed by atoms with E-state index in [0.29, 0.717) is 0 Å². The first kappa shape index (κ1) is 10.7. The van der Waals surface area contributed by atoms with E-state index in [0.717, 1.165) is 4.13 Å². The van der Waals surface area contributed by atoms with Gasteiger partial charge in [0.1, 0.15) is 0 Å². The second-order valence-corrected chi connectivity index (χ2v) is 5.36. The molecule has 0 aromatic carbocycles. The molecular formula is C8H17BiO. The molecule has 60 valence electrons. The molecule has 0 heterocycles. The summed E-state index contributed by atoms with van der Waals surface area (Å²) >= 11 is -1.17.